The van der Waals surface area contributed by atoms with Gasteiger partial charge in [0.05, 0.1) is 30.2 Å². The van der Waals surface area contributed by atoms with Gasteiger partial charge in [-0.05, 0) is 42.7 Å². The van der Waals surface area contributed by atoms with Crippen molar-refractivity contribution in [1.82, 2.24) is 9.97 Å². The lowest BCUT2D eigenvalue weighted by atomic mass is 9.91. The molecule has 1 fully saturated rings. The highest BCUT2D eigenvalue weighted by Gasteiger charge is 2.32. The third kappa shape index (κ3) is 3.68. The van der Waals surface area contributed by atoms with Crippen molar-refractivity contribution in [3.63, 3.8) is 0 Å². The van der Waals surface area contributed by atoms with Crippen LogP contribution in [0.1, 0.15) is 40.6 Å². The molecule has 0 saturated carbocycles. The maximum absolute atomic E-state index is 14.9. The summed E-state index contributed by atoms with van der Waals surface area (Å²) in [5.41, 5.74) is 1.29. The van der Waals surface area contributed by atoms with E-state index in [2.05, 4.69) is 15.3 Å². The molecule has 2 aromatic heterocycles. The molecule has 0 aliphatic carbocycles. The van der Waals surface area contributed by atoms with Crippen molar-refractivity contribution in [3.05, 3.63) is 77.2 Å². The molecule has 2 aliphatic rings. The fraction of sp³-hybridized carbons (Fsp3) is 0.261. The maximum atomic E-state index is 14.9. The first-order valence-corrected chi connectivity index (χ1v) is 10.0. The second kappa shape index (κ2) is 7.79. The molecule has 0 radical (unpaired) electrons. The van der Waals surface area contributed by atoms with Crippen LogP contribution in [0.2, 0.25) is 0 Å². The smallest absolute Gasteiger partial charge is 0.274 e. The van der Waals surface area contributed by atoms with E-state index in [1.807, 2.05) is 0 Å². The summed E-state index contributed by atoms with van der Waals surface area (Å²) in [6.07, 6.45) is 2.48. The van der Waals surface area contributed by atoms with Crippen LogP contribution in [0.15, 0.2) is 48.8 Å². The van der Waals surface area contributed by atoms with E-state index >= 15 is 0 Å². The van der Waals surface area contributed by atoms with E-state index in [4.69, 9.17) is 4.74 Å². The average molecular weight is 423 g/mol. The zero-order valence-electron chi connectivity index (χ0n) is 16.4. The van der Waals surface area contributed by atoms with Gasteiger partial charge in [0.1, 0.15) is 23.0 Å². The monoisotopic (exact) mass is 423 g/mol. The third-order valence-electron chi connectivity index (χ3n) is 5.69. The van der Waals surface area contributed by atoms with E-state index in [1.165, 1.54) is 18.3 Å². The lowest BCUT2D eigenvalue weighted by molar-refractivity contribution is -0.0964. The minimum atomic E-state index is -0.734. The summed E-state index contributed by atoms with van der Waals surface area (Å²) in [4.78, 5) is 21.1. The van der Waals surface area contributed by atoms with Crippen molar-refractivity contribution in [3.8, 4) is 11.3 Å². The summed E-state index contributed by atoms with van der Waals surface area (Å²) in [6.45, 7) is 0. The van der Waals surface area contributed by atoms with Crippen molar-refractivity contribution in [2.45, 2.75) is 37.6 Å². The number of carbonyl (C=O) groups is 1. The molecule has 158 valence electrons. The number of amides is 1. The zero-order valence-corrected chi connectivity index (χ0v) is 16.4. The van der Waals surface area contributed by atoms with E-state index < -0.39 is 35.9 Å². The van der Waals surface area contributed by atoms with E-state index in [1.54, 1.807) is 24.4 Å². The van der Waals surface area contributed by atoms with Crippen LogP contribution in [0, 0.1) is 11.6 Å². The molecule has 4 heterocycles. The molecule has 4 bridgehead atoms. The normalized spacial score (nSPS) is 22.8. The highest BCUT2D eigenvalue weighted by atomic mass is 19.1. The minimum absolute atomic E-state index is 0.00621. The minimum Gasteiger partial charge on any atom is -0.393 e. The number of rotatable bonds is 0. The van der Waals surface area contributed by atoms with Gasteiger partial charge < -0.3 is 15.2 Å². The van der Waals surface area contributed by atoms with Gasteiger partial charge in [-0.1, -0.05) is 12.1 Å². The SMILES string of the molecule is O=C1Nc2cnccc2C2CC(O)CC(Cc3cccc(F)c3-c3nc1ccc3F)O2. The number of ether oxygens (including phenoxy) is 1. The highest BCUT2D eigenvalue weighted by Crippen LogP contribution is 2.38. The van der Waals surface area contributed by atoms with Crippen molar-refractivity contribution in [2.75, 3.05) is 5.32 Å². The number of aliphatic hydroxyl groups is 1. The highest BCUT2D eigenvalue weighted by molar-refractivity contribution is 6.03. The summed E-state index contributed by atoms with van der Waals surface area (Å²) >= 11 is 0. The maximum Gasteiger partial charge on any atom is 0.274 e. The quantitative estimate of drug-likeness (QED) is 0.575. The number of aromatic nitrogens is 2. The number of halogens is 2. The summed E-state index contributed by atoms with van der Waals surface area (Å²) in [5, 5.41) is 13.2. The third-order valence-corrected chi connectivity index (χ3v) is 5.69. The van der Waals surface area contributed by atoms with E-state index in [-0.39, 0.29) is 23.4 Å². The lowest BCUT2D eigenvalue weighted by Crippen LogP contribution is -2.33. The molecule has 3 unspecified atom stereocenters. The molecule has 1 aromatic carbocycles. The van der Waals surface area contributed by atoms with Gasteiger partial charge >= 0.3 is 0 Å². The van der Waals surface area contributed by atoms with Gasteiger partial charge in [0.25, 0.3) is 5.91 Å². The predicted molar refractivity (Wildman–Crippen MR) is 108 cm³/mol. The zero-order chi connectivity index (χ0) is 21.5. The molecular formula is C23H19F2N3O3. The second-order valence-corrected chi connectivity index (χ2v) is 7.79. The fourth-order valence-electron chi connectivity index (χ4n) is 4.29. The molecular weight excluding hydrogens is 404 g/mol. The predicted octanol–water partition coefficient (Wildman–Crippen LogP) is 3.81. The van der Waals surface area contributed by atoms with Gasteiger partial charge in [0, 0.05) is 23.7 Å². The Bertz CT molecular complexity index is 1170. The topological polar surface area (TPSA) is 84.3 Å². The van der Waals surface area contributed by atoms with Crippen LogP contribution in [0.5, 0.6) is 0 Å². The van der Waals surface area contributed by atoms with E-state index in [9.17, 15) is 18.7 Å². The van der Waals surface area contributed by atoms with Crippen LogP contribution < -0.4 is 5.32 Å². The second-order valence-electron chi connectivity index (χ2n) is 7.79. The molecule has 3 aromatic rings. The summed E-state index contributed by atoms with van der Waals surface area (Å²) in [7, 11) is 0. The van der Waals surface area contributed by atoms with Crippen molar-refractivity contribution >= 4 is 11.6 Å². The van der Waals surface area contributed by atoms with Gasteiger partial charge in [0.15, 0.2) is 0 Å². The Kier molecular flexibility index (Phi) is 4.95. The molecule has 1 amide bonds. The summed E-state index contributed by atoms with van der Waals surface area (Å²) in [5.74, 6) is -1.96. The van der Waals surface area contributed by atoms with E-state index in [0.717, 1.165) is 6.07 Å². The van der Waals surface area contributed by atoms with Gasteiger partial charge in [-0.25, -0.2) is 13.8 Å². The van der Waals surface area contributed by atoms with Gasteiger partial charge in [-0.3, -0.25) is 9.78 Å². The summed E-state index contributed by atoms with van der Waals surface area (Å²) in [6, 6.07) is 8.54. The number of nitrogens with one attached hydrogen (secondary N) is 1. The number of anilines is 1. The number of pyridine rings is 2. The molecule has 0 spiro atoms. The Labute approximate surface area is 176 Å². The Morgan fingerprint density at radius 3 is 2.84 bits per heavy atom. The Balaban J connectivity index is 1.71. The molecule has 8 heteroatoms. The van der Waals surface area contributed by atoms with Crippen molar-refractivity contribution in [2.24, 2.45) is 0 Å². The standard InChI is InChI=1S/C23H19F2N3O3/c24-16-3-1-2-12-8-14-9-13(29)10-20(31-14)15-6-7-26-11-19(15)28-23(30)18-5-4-17(25)22(27-18)21(12)16/h1-7,11,13-14,20,29H,8-10H2,(H,28,30). The Hall–Kier alpha value is -3.23. The molecule has 2 aliphatic heterocycles. The molecule has 1 saturated heterocycles. The lowest BCUT2D eigenvalue weighted by Gasteiger charge is -2.34. The van der Waals surface area contributed by atoms with Gasteiger partial charge in [-0.15, -0.1) is 0 Å². The van der Waals surface area contributed by atoms with Gasteiger partial charge in [0.2, 0.25) is 0 Å². The number of hydrogen-bond acceptors (Lipinski definition) is 5. The number of hydrogen-bond donors (Lipinski definition) is 2. The fourth-order valence-corrected chi connectivity index (χ4v) is 4.29. The molecule has 2 N–H and O–H groups in total. The first-order chi connectivity index (χ1) is 15.0. The summed E-state index contributed by atoms with van der Waals surface area (Å²) < 4.78 is 35.8. The molecule has 5 rings (SSSR count). The van der Waals surface area contributed by atoms with Crippen LogP contribution in [-0.4, -0.2) is 33.2 Å². The largest absolute Gasteiger partial charge is 0.393 e. The molecule has 3 atom stereocenters. The first kappa shape index (κ1) is 19.7. The molecule has 31 heavy (non-hydrogen) atoms. The van der Waals surface area contributed by atoms with Crippen LogP contribution in [0.4, 0.5) is 14.5 Å². The Morgan fingerprint density at radius 1 is 1.10 bits per heavy atom. The van der Waals surface area contributed by atoms with Gasteiger partial charge in [-0.2, -0.15) is 0 Å². The average Bonchev–Trinajstić information content (AvgIpc) is 2.74. The van der Waals surface area contributed by atoms with E-state index in [0.29, 0.717) is 29.7 Å². The number of benzene rings is 1. The van der Waals surface area contributed by atoms with Crippen LogP contribution in [-0.2, 0) is 11.2 Å². The number of nitrogens with zero attached hydrogens (tertiary/aromatic N) is 2. The van der Waals surface area contributed by atoms with Crippen molar-refractivity contribution < 1.29 is 23.4 Å². The van der Waals surface area contributed by atoms with Crippen LogP contribution in [0.3, 0.4) is 0 Å². The number of carbonyl (C=O) groups excluding carboxylic acids is 1. The number of aliphatic hydroxyl groups excluding tert-OH is 1. The first-order valence-electron chi connectivity index (χ1n) is 10.0. The van der Waals surface area contributed by atoms with Crippen LogP contribution >= 0.6 is 0 Å². The number of fused-ring (bicyclic) bond motifs is 8. The molecule has 6 nitrogen and oxygen atoms in total. The Morgan fingerprint density at radius 2 is 1.97 bits per heavy atom. The van der Waals surface area contributed by atoms with Crippen molar-refractivity contribution in [1.29, 1.82) is 0 Å². The van der Waals surface area contributed by atoms with Crippen LogP contribution in [0.25, 0.3) is 11.3 Å².